The van der Waals surface area contributed by atoms with Gasteiger partial charge in [0.05, 0.1) is 10.8 Å². The number of fused-ring (bicyclic) bond motifs is 1. The molecule has 0 radical (unpaired) electrons. The molecule has 1 saturated heterocycles. The van der Waals surface area contributed by atoms with Gasteiger partial charge in [0.25, 0.3) is 0 Å². The molecule has 40 heavy (non-hydrogen) atoms. The average Bonchev–Trinajstić information content (AvgIpc) is 3.85. The summed E-state index contributed by atoms with van der Waals surface area (Å²) in [6.45, 7) is 1.52. The molecule has 1 aliphatic carbocycles. The molecular weight excluding hydrogens is 518 g/mol. The molecular formula is C33H33N3O3S. The highest BCUT2D eigenvalue weighted by atomic mass is 32.2. The number of carbonyl (C=O) groups is 2. The quantitative estimate of drug-likeness (QED) is 0.344. The lowest BCUT2D eigenvalue weighted by Crippen LogP contribution is -2.61. The molecule has 2 amide bonds. The fourth-order valence-corrected chi connectivity index (χ4v) is 6.95. The third kappa shape index (κ3) is 5.58. The summed E-state index contributed by atoms with van der Waals surface area (Å²) in [5, 5.41) is 5.00. The van der Waals surface area contributed by atoms with Gasteiger partial charge in [-0.25, -0.2) is 8.51 Å². The second kappa shape index (κ2) is 11.7. The molecule has 2 atom stereocenters. The minimum atomic E-state index is -1.57. The number of nitrogens with one attached hydrogen (secondary N) is 1. The fourth-order valence-electron chi connectivity index (χ4n) is 5.49. The van der Waals surface area contributed by atoms with E-state index in [-0.39, 0.29) is 18.4 Å². The van der Waals surface area contributed by atoms with Crippen LogP contribution in [0.2, 0.25) is 0 Å². The molecule has 0 aromatic heterocycles. The van der Waals surface area contributed by atoms with E-state index in [2.05, 4.69) is 5.32 Å². The maximum Gasteiger partial charge on any atom is 0.240 e. The van der Waals surface area contributed by atoms with E-state index in [0.29, 0.717) is 30.4 Å². The van der Waals surface area contributed by atoms with Crippen molar-refractivity contribution < 1.29 is 13.8 Å². The number of rotatable bonds is 8. The van der Waals surface area contributed by atoms with Gasteiger partial charge >= 0.3 is 0 Å². The van der Waals surface area contributed by atoms with E-state index in [9.17, 15) is 13.8 Å². The maximum absolute atomic E-state index is 14.2. The first-order valence-corrected chi connectivity index (χ1v) is 15.0. The van der Waals surface area contributed by atoms with E-state index < -0.39 is 22.9 Å². The molecule has 1 N–H and O–H groups in total. The van der Waals surface area contributed by atoms with E-state index in [1.54, 1.807) is 9.21 Å². The largest absolute Gasteiger partial charge is 0.354 e. The number of amides is 2. The van der Waals surface area contributed by atoms with Crippen molar-refractivity contribution in [2.75, 3.05) is 26.2 Å². The van der Waals surface area contributed by atoms with Crippen LogP contribution in [0.15, 0.2) is 108 Å². The summed E-state index contributed by atoms with van der Waals surface area (Å²) in [5.41, 5.74) is 1.82. The Balaban J connectivity index is 1.30. The van der Waals surface area contributed by atoms with Gasteiger partial charge in [-0.05, 0) is 46.7 Å². The Hall–Kier alpha value is -3.81. The zero-order valence-electron chi connectivity index (χ0n) is 22.3. The standard InChI is InChI=1S/C33H33N3O3S/c37-32(34-22-24-18-19-24)29-23-35(33(38)31(26-11-3-1-4-12-26)27-13-5-2-6-14-27)20-21-36(29)40(39)30-17-9-15-25-10-7-8-16-28(25)30/h1-17,24,29,31H,18-23H2,(H,34,37). The van der Waals surface area contributed by atoms with Crippen molar-refractivity contribution in [3.63, 3.8) is 0 Å². The van der Waals surface area contributed by atoms with Crippen LogP contribution in [0.5, 0.6) is 0 Å². The van der Waals surface area contributed by atoms with Crippen LogP contribution in [0.3, 0.4) is 0 Å². The lowest BCUT2D eigenvalue weighted by molar-refractivity contribution is -0.136. The first-order valence-electron chi connectivity index (χ1n) is 13.9. The van der Waals surface area contributed by atoms with Crippen LogP contribution in [0.25, 0.3) is 10.8 Å². The predicted octanol–water partition coefficient (Wildman–Crippen LogP) is 4.73. The average molecular weight is 552 g/mol. The van der Waals surface area contributed by atoms with Crippen LogP contribution in [0.4, 0.5) is 0 Å². The summed E-state index contributed by atoms with van der Waals surface area (Å²) < 4.78 is 15.9. The third-order valence-electron chi connectivity index (χ3n) is 7.87. The van der Waals surface area contributed by atoms with E-state index >= 15 is 0 Å². The minimum Gasteiger partial charge on any atom is -0.354 e. The summed E-state index contributed by atoms with van der Waals surface area (Å²) >= 11 is 0. The Morgan fingerprint density at radius 2 is 1.43 bits per heavy atom. The minimum absolute atomic E-state index is 0.0482. The van der Waals surface area contributed by atoms with Crippen LogP contribution >= 0.6 is 0 Å². The van der Waals surface area contributed by atoms with Gasteiger partial charge < -0.3 is 10.2 Å². The topological polar surface area (TPSA) is 69.7 Å². The molecule has 1 saturated carbocycles. The second-order valence-corrected chi connectivity index (χ2v) is 12.0. The molecule has 6 rings (SSSR count). The molecule has 6 nitrogen and oxygen atoms in total. The van der Waals surface area contributed by atoms with Gasteiger partial charge in [-0.3, -0.25) is 9.59 Å². The van der Waals surface area contributed by atoms with Crippen molar-refractivity contribution in [3.8, 4) is 0 Å². The van der Waals surface area contributed by atoms with E-state index in [1.165, 1.54) is 0 Å². The van der Waals surface area contributed by atoms with Gasteiger partial charge in [-0.2, -0.15) is 0 Å². The van der Waals surface area contributed by atoms with Gasteiger partial charge in [-0.1, -0.05) is 97.1 Å². The molecule has 1 aliphatic heterocycles. The molecule has 2 fully saturated rings. The summed E-state index contributed by atoms with van der Waals surface area (Å²) in [7, 11) is -1.57. The highest BCUT2D eigenvalue weighted by molar-refractivity contribution is 7.83. The summed E-state index contributed by atoms with van der Waals surface area (Å²) in [5.74, 6) is -0.183. The number of benzene rings is 4. The van der Waals surface area contributed by atoms with E-state index in [4.69, 9.17) is 0 Å². The second-order valence-electron chi connectivity index (χ2n) is 10.6. The molecule has 1 heterocycles. The van der Waals surface area contributed by atoms with Crippen LogP contribution in [0, 0.1) is 5.92 Å². The SMILES string of the molecule is O=C(NCC1CC1)C1CN(C(=O)C(c2ccccc2)c2ccccc2)CCN1S(=O)c1cccc2ccccc12. The molecule has 0 spiro atoms. The Labute approximate surface area is 237 Å². The van der Waals surface area contributed by atoms with Gasteiger partial charge in [0.1, 0.15) is 17.0 Å². The summed E-state index contributed by atoms with van der Waals surface area (Å²) in [6, 6.07) is 32.5. The molecule has 204 valence electrons. The maximum atomic E-state index is 14.2. The number of nitrogens with zero attached hydrogens (tertiary/aromatic N) is 2. The van der Waals surface area contributed by atoms with Crippen molar-refractivity contribution in [1.82, 2.24) is 14.5 Å². The molecule has 0 bridgehead atoms. The Kier molecular flexibility index (Phi) is 7.75. The number of carbonyl (C=O) groups excluding carboxylic acids is 2. The summed E-state index contributed by atoms with van der Waals surface area (Å²) in [6.07, 6.45) is 2.24. The van der Waals surface area contributed by atoms with Crippen LogP contribution < -0.4 is 5.32 Å². The molecule has 4 aromatic rings. The summed E-state index contributed by atoms with van der Waals surface area (Å²) in [4.78, 5) is 30.2. The zero-order valence-corrected chi connectivity index (χ0v) is 23.1. The highest BCUT2D eigenvalue weighted by Gasteiger charge is 2.40. The lowest BCUT2D eigenvalue weighted by atomic mass is 9.89. The van der Waals surface area contributed by atoms with Gasteiger partial charge in [0.2, 0.25) is 11.8 Å². The highest BCUT2D eigenvalue weighted by Crippen LogP contribution is 2.31. The van der Waals surface area contributed by atoms with Crippen LogP contribution in [-0.4, -0.2) is 57.4 Å². The van der Waals surface area contributed by atoms with Crippen molar-refractivity contribution >= 4 is 33.6 Å². The van der Waals surface area contributed by atoms with E-state index in [0.717, 1.165) is 34.7 Å². The number of hydrogen-bond acceptors (Lipinski definition) is 3. The zero-order chi connectivity index (χ0) is 27.5. The fraction of sp³-hybridized carbons (Fsp3) is 0.273. The smallest absolute Gasteiger partial charge is 0.240 e. The normalized spacial score (nSPS) is 18.5. The number of piperazine rings is 1. The van der Waals surface area contributed by atoms with Crippen molar-refractivity contribution in [2.24, 2.45) is 5.92 Å². The number of hydrogen-bond donors (Lipinski definition) is 1. The first-order chi connectivity index (χ1) is 19.6. The van der Waals surface area contributed by atoms with Crippen LogP contribution in [-0.2, 0) is 20.6 Å². The van der Waals surface area contributed by atoms with Crippen molar-refractivity contribution in [2.45, 2.75) is 29.7 Å². The monoisotopic (exact) mass is 551 g/mol. The Bertz CT molecular complexity index is 1480. The predicted molar refractivity (Wildman–Crippen MR) is 158 cm³/mol. The first kappa shape index (κ1) is 26.4. The lowest BCUT2D eigenvalue weighted by Gasteiger charge is -2.40. The van der Waals surface area contributed by atoms with Gasteiger partial charge in [0.15, 0.2) is 0 Å². The van der Waals surface area contributed by atoms with Gasteiger partial charge in [0, 0.05) is 26.2 Å². The van der Waals surface area contributed by atoms with Crippen molar-refractivity contribution in [3.05, 3.63) is 114 Å². The molecule has 2 unspecified atom stereocenters. The van der Waals surface area contributed by atoms with E-state index in [1.807, 2.05) is 103 Å². The van der Waals surface area contributed by atoms with Crippen molar-refractivity contribution in [1.29, 1.82) is 0 Å². The molecule has 7 heteroatoms. The van der Waals surface area contributed by atoms with Crippen LogP contribution in [0.1, 0.15) is 29.9 Å². The Morgan fingerprint density at radius 1 is 0.800 bits per heavy atom. The Morgan fingerprint density at radius 3 is 2.10 bits per heavy atom. The van der Waals surface area contributed by atoms with Gasteiger partial charge in [-0.15, -0.1) is 0 Å². The third-order valence-corrected chi connectivity index (χ3v) is 9.47. The molecule has 4 aromatic carbocycles. The molecule has 2 aliphatic rings.